The van der Waals surface area contributed by atoms with Crippen LogP contribution in [-0.2, 0) is 5.60 Å². The lowest BCUT2D eigenvalue weighted by Crippen LogP contribution is -2.24. The van der Waals surface area contributed by atoms with E-state index in [2.05, 4.69) is 9.97 Å². The van der Waals surface area contributed by atoms with Gasteiger partial charge in [0, 0.05) is 18.1 Å². The van der Waals surface area contributed by atoms with Crippen molar-refractivity contribution < 1.29 is 5.11 Å². The van der Waals surface area contributed by atoms with Gasteiger partial charge in [0.15, 0.2) is 0 Å². The number of rotatable bonds is 4. The Labute approximate surface area is 105 Å². The predicted molar refractivity (Wildman–Crippen MR) is 68.8 cm³/mol. The smallest absolute Gasteiger partial charge is 0.114 e. The highest BCUT2D eigenvalue weighted by molar-refractivity contribution is 7.99. The van der Waals surface area contributed by atoms with E-state index < -0.39 is 5.60 Å². The summed E-state index contributed by atoms with van der Waals surface area (Å²) in [5, 5.41) is 11.2. The highest BCUT2D eigenvalue weighted by Gasteiger charge is 2.23. The van der Waals surface area contributed by atoms with Gasteiger partial charge in [0.1, 0.15) is 5.03 Å². The molecule has 0 bridgehead atoms. The molecule has 0 aliphatic carbocycles. The Kier molecular flexibility index (Phi) is 3.76. The molecule has 0 fully saturated rings. The highest BCUT2D eigenvalue weighted by atomic mass is 32.2. The van der Waals surface area contributed by atoms with Crippen molar-refractivity contribution in [1.29, 1.82) is 0 Å². The molecule has 0 saturated carbocycles. The maximum Gasteiger partial charge on any atom is 0.114 e. The number of benzene rings is 1. The Morgan fingerprint density at radius 3 is 2.65 bits per heavy atom. The van der Waals surface area contributed by atoms with Crippen molar-refractivity contribution in [1.82, 2.24) is 9.97 Å². The Morgan fingerprint density at radius 1 is 1.24 bits per heavy atom. The first kappa shape index (κ1) is 12.1. The molecule has 0 aliphatic rings. The molecule has 2 rings (SSSR count). The molecule has 0 saturated heterocycles. The maximum atomic E-state index is 10.4. The molecule has 17 heavy (non-hydrogen) atoms. The largest absolute Gasteiger partial charge is 0.385 e. The molecule has 2 aromatic rings. The minimum Gasteiger partial charge on any atom is -0.385 e. The van der Waals surface area contributed by atoms with E-state index >= 15 is 0 Å². The van der Waals surface area contributed by atoms with Crippen LogP contribution in [0.1, 0.15) is 12.5 Å². The summed E-state index contributed by atoms with van der Waals surface area (Å²) in [5.74, 6) is 0.551. The van der Waals surface area contributed by atoms with Gasteiger partial charge in [-0.25, -0.2) is 4.98 Å². The van der Waals surface area contributed by atoms with Crippen molar-refractivity contribution >= 4 is 11.8 Å². The second kappa shape index (κ2) is 5.29. The van der Waals surface area contributed by atoms with Crippen LogP contribution in [0.2, 0.25) is 0 Å². The quantitative estimate of drug-likeness (QED) is 0.842. The van der Waals surface area contributed by atoms with Crippen molar-refractivity contribution in [2.75, 3.05) is 5.75 Å². The van der Waals surface area contributed by atoms with Crippen molar-refractivity contribution in [3.8, 4) is 0 Å². The fraction of sp³-hybridized carbons (Fsp3) is 0.231. The van der Waals surface area contributed by atoms with Crippen LogP contribution in [0.25, 0.3) is 0 Å². The summed E-state index contributed by atoms with van der Waals surface area (Å²) >= 11 is 1.50. The third-order valence-electron chi connectivity index (χ3n) is 2.44. The third kappa shape index (κ3) is 3.28. The summed E-state index contributed by atoms with van der Waals surface area (Å²) in [6.45, 7) is 1.81. The zero-order valence-corrected chi connectivity index (χ0v) is 10.4. The second-order valence-electron chi connectivity index (χ2n) is 3.97. The highest BCUT2D eigenvalue weighted by Crippen LogP contribution is 2.27. The number of hydrogen-bond acceptors (Lipinski definition) is 4. The Balaban J connectivity index is 2.03. The van der Waals surface area contributed by atoms with Crippen molar-refractivity contribution in [2.24, 2.45) is 0 Å². The van der Waals surface area contributed by atoms with Crippen LogP contribution in [0.15, 0.2) is 53.9 Å². The van der Waals surface area contributed by atoms with E-state index in [-0.39, 0.29) is 0 Å². The molecule has 3 nitrogen and oxygen atoms in total. The fourth-order valence-electron chi connectivity index (χ4n) is 1.45. The van der Waals surface area contributed by atoms with E-state index in [4.69, 9.17) is 0 Å². The molecule has 1 unspecified atom stereocenters. The molecular weight excluding hydrogens is 232 g/mol. The van der Waals surface area contributed by atoms with E-state index in [1.54, 1.807) is 18.6 Å². The molecule has 4 heteroatoms. The average molecular weight is 246 g/mol. The van der Waals surface area contributed by atoms with Gasteiger partial charge in [0.2, 0.25) is 0 Å². The summed E-state index contributed by atoms with van der Waals surface area (Å²) in [7, 11) is 0. The van der Waals surface area contributed by atoms with Crippen LogP contribution in [0, 0.1) is 0 Å². The molecule has 88 valence electrons. The Hall–Kier alpha value is -1.39. The lowest BCUT2D eigenvalue weighted by atomic mass is 9.99. The minimum absolute atomic E-state index is 0.551. The van der Waals surface area contributed by atoms with Crippen LogP contribution in [0.4, 0.5) is 0 Å². The van der Waals surface area contributed by atoms with Crippen LogP contribution in [-0.4, -0.2) is 20.8 Å². The summed E-state index contributed by atoms with van der Waals surface area (Å²) in [5.41, 5.74) is 0.0556. The van der Waals surface area contributed by atoms with Crippen molar-refractivity contribution in [2.45, 2.75) is 17.6 Å². The average Bonchev–Trinajstić information content (AvgIpc) is 2.39. The standard InChI is InChI=1S/C13H14N2OS/c1-13(16,11-5-3-2-4-6-11)10-17-12-9-14-7-8-15-12/h2-9,16H,10H2,1H3. The summed E-state index contributed by atoms with van der Waals surface area (Å²) in [6, 6.07) is 9.65. The van der Waals surface area contributed by atoms with Crippen molar-refractivity contribution in [3.05, 3.63) is 54.5 Å². The SMILES string of the molecule is CC(O)(CSc1cnccn1)c1ccccc1. The third-order valence-corrected chi connectivity index (χ3v) is 3.65. The molecule has 0 spiro atoms. The molecule has 1 aromatic carbocycles. The summed E-state index contributed by atoms with van der Waals surface area (Å²) in [4.78, 5) is 8.16. The normalized spacial score (nSPS) is 14.2. The van der Waals surface area contributed by atoms with E-state index in [0.29, 0.717) is 5.75 Å². The molecule has 1 atom stereocenters. The number of thioether (sulfide) groups is 1. The van der Waals surface area contributed by atoms with E-state index in [1.807, 2.05) is 37.3 Å². The number of nitrogens with zero attached hydrogens (tertiary/aromatic N) is 2. The molecule has 1 heterocycles. The molecule has 1 N–H and O–H groups in total. The lowest BCUT2D eigenvalue weighted by Gasteiger charge is -2.23. The molecule has 1 aromatic heterocycles. The first-order valence-electron chi connectivity index (χ1n) is 5.35. The van der Waals surface area contributed by atoms with Crippen molar-refractivity contribution in [3.63, 3.8) is 0 Å². The van der Waals surface area contributed by atoms with Gasteiger partial charge in [0.25, 0.3) is 0 Å². The van der Waals surface area contributed by atoms with Gasteiger partial charge < -0.3 is 5.11 Å². The fourth-order valence-corrected chi connectivity index (χ4v) is 2.32. The Bertz CT molecular complexity index is 459. The molecule has 0 radical (unpaired) electrons. The van der Waals surface area contributed by atoms with Crippen LogP contribution in [0.3, 0.4) is 0 Å². The molecular formula is C13H14N2OS. The lowest BCUT2D eigenvalue weighted by molar-refractivity contribution is 0.0839. The summed E-state index contributed by atoms with van der Waals surface area (Å²) in [6.07, 6.45) is 4.99. The first-order valence-corrected chi connectivity index (χ1v) is 6.34. The van der Waals surface area contributed by atoms with Crippen LogP contribution >= 0.6 is 11.8 Å². The van der Waals surface area contributed by atoms with Gasteiger partial charge in [0.05, 0.1) is 11.8 Å². The van der Waals surface area contributed by atoms with Gasteiger partial charge in [-0.15, -0.1) is 11.8 Å². The van der Waals surface area contributed by atoms with E-state index in [0.717, 1.165) is 10.6 Å². The zero-order valence-electron chi connectivity index (χ0n) is 9.58. The Morgan fingerprint density at radius 2 is 2.00 bits per heavy atom. The topological polar surface area (TPSA) is 46.0 Å². The number of aliphatic hydroxyl groups is 1. The number of aromatic nitrogens is 2. The van der Waals surface area contributed by atoms with Crippen LogP contribution < -0.4 is 0 Å². The van der Waals surface area contributed by atoms with Gasteiger partial charge >= 0.3 is 0 Å². The van der Waals surface area contributed by atoms with Gasteiger partial charge in [-0.05, 0) is 12.5 Å². The maximum absolute atomic E-state index is 10.4. The molecule has 0 amide bonds. The minimum atomic E-state index is -0.858. The zero-order chi connectivity index (χ0) is 12.1. The first-order chi connectivity index (χ1) is 8.18. The summed E-state index contributed by atoms with van der Waals surface area (Å²) < 4.78 is 0. The predicted octanol–water partition coefficient (Wildman–Crippen LogP) is 2.48. The van der Waals surface area contributed by atoms with E-state index in [1.165, 1.54) is 11.8 Å². The monoisotopic (exact) mass is 246 g/mol. The van der Waals surface area contributed by atoms with Crippen LogP contribution in [0.5, 0.6) is 0 Å². The van der Waals surface area contributed by atoms with Gasteiger partial charge in [-0.1, -0.05) is 30.3 Å². The van der Waals surface area contributed by atoms with Gasteiger partial charge in [-0.3, -0.25) is 4.98 Å². The second-order valence-corrected chi connectivity index (χ2v) is 4.97. The molecule has 0 aliphatic heterocycles. The number of hydrogen-bond donors (Lipinski definition) is 1. The van der Waals surface area contributed by atoms with Gasteiger partial charge in [-0.2, -0.15) is 0 Å². The van der Waals surface area contributed by atoms with E-state index in [9.17, 15) is 5.11 Å².